The Bertz CT molecular complexity index is 662. The van der Waals surface area contributed by atoms with Crippen molar-refractivity contribution in [3.8, 4) is 11.4 Å². The lowest BCUT2D eigenvalue weighted by atomic mass is 10.0. The molecule has 2 nitrogen and oxygen atoms in total. The molecule has 0 atom stereocenters. The van der Waals surface area contributed by atoms with Gasteiger partial charge in [0.15, 0.2) is 5.82 Å². The van der Waals surface area contributed by atoms with Crippen molar-refractivity contribution in [2.24, 2.45) is 0 Å². The number of aromatic nitrogens is 2. The number of nitrogens with zero attached hydrogens (tertiary/aromatic N) is 2. The molecule has 1 heterocycles. The minimum absolute atomic E-state index is 0.634. The van der Waals surface area contributed by atoms with Crippen LogP contribution in [0, 0.1) is 20.8 Å². The fraction of sp³-hybridized carbons (Fsp3) is 0.375. The van der Waals surface area contributed by atoms with Crippen molar-refractivity contribution in [2.75, 3.05) is 0 Å². The molecule has 2 aromatic rings. The highest BCUT2D eigenvalue weighted by Gasteiger charge is 2.19. The maximum Gasteiger partial charge on any atom is 0.161 e. The first-order valence-electron chi connectivity index (χ1n) is 6.70. The molecule has 1 aliphatic carbocycles. The molecular formula is C16H17ClN2. The van der Waals surface area contributed by atoms with E-state index in [-0.39, 0.29) is 0 Å². The van der Waals surface area contributed by atoms with Crippen molar-refractivity contribution < 1.29 is 0 Å². The van der Waals surface area contributed by atoms with Crippen LogP contribution < -0.4 is 0 Å². The van der Waals surface area contributed by atoms with Gasteiger partial charge in [-0.25, -0.2) is 9.97 Å². The van der Waals surface area contributed by atoms with Gasteiger partial charge in [0.2, 0.25) is 0 Å². The van der Waals surface area contributed by atoms with Gasteiger partial charge in [0.1, 0.15) is 5.15 Å². The SMILES string of the molecule is Cc1cc(C)c(-c2nc(Cl)c3c(n2)CCC3)cc1C. The highest BCUT2D eigenvalue weighted by atomic mass is 35.5. The minimum atomic E-state index is 0.634. The highest BCUT2D eigenvalue weighted by molar-refractivity contribution is 6.30. The number of hydrogen-bond donors (Lipinski definition) is 0. The first kappa shape index (κ1) is 12.6. The van der Waals surface area contributed by atoms with E-state index in [4.69, 9.17) is 16.6 Å². The second kappa shape index (κ2) is 4.61. The van der Waals surface area contributed by atoms with Crippen LogP contribution >= 0.6 is 11.6 Å². The molecule has 0 aliphatic heterocycles. The molecule has 98 valence electrons. The third-order valence-corrected chi connectivity index (χ3v) is 4.28. The summed E-state index contributed by atoms with van der Waals surface area (Å²) in [6, 6.07) is 4.35. The normalized spacial score (nSPS) is 13.7. The van der Waals surface area contributed by atoms with Crippen LogP contribution in [-0.4, -0.2) is 9.97 Å². The maximum atomic E-state index is 6.30. The van der Waals surface area contributed by atoms with Crippen LogP contribution in [-0.2, 0) is 12.8 Å². The molecule has 0 spiro atoms. The summed E-state index contributed by atoms with van der Waals surface area (Å²) in [6.07, 6.45) is 3.17. The molecule has 1 aromatic heterocycles. The van der Waals surface area contributed by atoms with Gasteiger partial charge in [0.05, 0.1) is 0 Å². The lowest BCUT2D eigenvalue weighted by molar-refractivity contribution is 0.900. The van der Waals surface area contributed by atoms with E-state index in [2.05, 4.69) is 37.9 Å². The third kappa shape index (κ3) is 2.14. The first-order valence-corrected chi connectivity index (χ1v) is 7.07. The molecule has 0 amide bonds. The van der Waals surface area contributed by atoms with Gasteiger partial charge in [-0.3, -0.25) is 0 Å². The van der Waals surface area contributed by atoms with Gasteiger partial charge in [-0.15, -0.1) is 0 Å². The Labute approximate surface area is 118 Å². The van der Waals surface area contributed by atoms with Crippen molar-refractivity contribution in [2.45, 2.75) is 40.0 Å². The second-order valence-electron chi connectivity index (χ2n) is 5.37. The first-order chi connectivity index (χ1) is 9.06. The summed E-state index contributed by atoms with van der Waals surface area (Å²) < 4.78 is 0. The average molecular weight is 273 g/mol. The molecule has 0 bridgehead atoms. The summed E-state index contributed by atoms with van der Waals surface area (Å²) in [5, 5.41) is 0.634. The Kier molecular flexibility index (Phi) is 3.06. The largest absolute Gasteiger partial charge is 0.233 e. The third-order valence-electron chi connectivity index (χ3n) is 3.96. The molecule has 0 saturated carbocycles. The van der Waals surface area contributed by atoms with E-state index >= 15 is 0 Å². The predicted molar refractivity (Wildman–Crippen MR) is 78.7 cm³/mol. The van der Waals surface area contributed by atoms with Crippen LogP contribution in [0.1, 0.15) is 34.4 Å². The van der Waals surface area contributed by atoms with Crippen molar-refractivity contribution >= 4 is 11.6 Å². The van der Waals surface area contributed by atoms with E-state index < -0.39 is 0 Å². The molecule has 0 saturated heterocycles. The van der Waals surface area contributed by atoms with Gasteiger partial charge in [-0.1, -0.05) is 17.7 Å². The average Bonchev–Trinajstić information content (AvgIpc) is 2.82. The van der Waals surface area contributed by atoms with Crippen LogP contribution in [0.3, 0.4) is 0 Å². The monoisotopic (exact) mass is 272 g/mol. The number of fused-ring (bicyclic) bond motifs is 1. The van der Waals surface area contributed by atoms with E-state index in [1.165, 1.54) is 16.7 Å². The smallest absolute Gasteiger partial charge is 0.161 e. The van der Waals surface area contributed by atoms with Crippen molar-refractivity contribution in [3.63, 3.8) is 0 Å². The molecule has 0 N–H and O–H groups in total. The molecule has 0 unspecified atom stereocenters. The van der Waals surface area contributed by atoms with Crippen LogP contribution in [0.15, 0.2) is 12.1 Å². The van der Waals surface area contributed by atoms with E-state index in [0.29, 0.717) is 5.15 Å². The number of hydrogen-bond acceptors (Lipinski definition) is 2. The summed E-state index contributed by atoms with van der Waals surface area (Å²) in [5.41, 5.74) is 7.14. The molecule has 0 radical (unpaired) electrons. The van der Waals surface area contributed by atoms with Crippen LogP contribution in [0.4, 0.5) is 0 Å². The van der Waals surface area contributed by atoms with Crippen LogP contribution in [0.25, 0.3) is 11.4 Å². The number of halogens is 1. The Morgan fingerprint density at radius 2 is 1.68 bits per heavy atom. The zero-order valence-electron chi connectivity index (χ0n) is 11.5. The van der Waals surface area contributed by atoms with Gasteiger partial charge in [-0.05, 0) is 62.8 Å². The molecule has 3 rings (SSSR count). The quantitative estimate of drug-likeness (QED) is 0.727. The van der Waals surface area contributed by atoms with Gasteiger partial charge in [0, 0.05) is 16.8 Å². The van der Waals surface area contributed by atoms with Crippen LogP contribution in [0.2, 0.25) is 5.15 Å². The van der Waals surface area contributed by atoms with Crippen molar-refractivity contribution in [1.82, 2.24) is 9.97 Å². The fourth-order valence-corrected chi connectivity index (χ4v) is 2.99. The Morgan fingerprint density at radius 3 is 2.47 bits per heavy atom. The van der Waals surface area contributed by atoms with Crippen molar-refractivity contribution in [1.29, 1.82) is 0 Å². The topological polar surface area (TPSA) is 25.8 Å². The standard InChI is InChI=1S/C16H17ClN2/c1-9-7-11(3)13(8-10(9)2)16-18-14-6-4-5-12(14)15(17)19-16/h7-8H,4-6H2,1-3H3. The predicted octanol–water partition coefficient (Wildman–Crippen LogP) is 4.21. The van der Waals surface area contributed by atoms with Crippen LogP contribution in [0.5, 0.6) is 0 Å². The summed E-state index contributed by atoms with van der Waals surface area (Å²) in [4.78, 5) is 9.22. The van der Waals surface area contributed by atoms with Gasteiger partial charge >= 0.3 is 0 Å². The Hall–Kier alpha value is -1.41. The summed E-state index contributed by atoms with van der Waals surface area (Å²) in [7, 11) is 0. The zero-order valence-corrected chi connectivity index (χ0v) is 12.3. The zero-order chi connectivity index (χ0) is 13.6. The molecule has 1 aromatic carbocycles. The molecular weight excluding hydrogens is 256 g/mol. The second-order valence-corrected chi connectivity index (χ2v) is 5.73. The summed E-state index contributed by atoms with van der Waals surface area (Å²) >= 11 is 6.30. The Morgan fingerprint density at radius 1 is 0.947 bits per heavy atom. The maximum absolute atomic E-state index is 6.30. The van der Waals surface area contributed by atoms with E-state index in [1.807, 2.05) is 0 Å². The lowest BCUT2D eigenvalue weighted by Crippen LogP contribution is -1.99. The number of benzene rings is 1. The number of rotatable bonds is 1. The summed E-state index contributed by atoms with van der Waals surface area (Å²) in [5.74, 6) is 0.770. The minimum Gasteiger partial charge on any atom is -0.233 e. The summed E-state index contributed by atoms with van der Waals surface area (Å²) in [6.45, 7) is 6.35. The van der Waals surface area contributed by atoms with Gasteiger partial charge in [-0.2, -0.15) is 0 Å². The fourth-order valence-electron chi connectivity index (χ4n) is 2.71. The van der Waals surface area contributed by atoms with Gasteiger partial charge in [0.25, 0.3) is 0 Å². The Balaban J connectivity index is 2.18. The van der Waals surface area contributed by atoms with E-state index in [1.54, 1.807) is 0 Å². The molecule has 19 heavy (non-hydrogen) atoms. The number of aryl methyl sites for hydroxylation is 4. The molecule has 1 aliphatic rings. The highest BCUT2D eigenvalue weighted by Crippen LogP contribution is 2.30. The molecule has 0 fully saturated rings. The van der Waals surface area contributed by atoms with Gasteiger partial charge < -0.3 is 0 Å². The van der Waals surface area contributed by atoms with Crippen molar-refractivity contribution in [3.05, 3.63) is 45.2 Å². The molecule has 3 heteroatoms. The lowest BCUT2D eigenvalue weighted by Gasteiger charge is -2.10. The van der Waals surface area contributed by atoms with E-state index in [9.17, 15) is 0 Å². The van der Waals surface area contributed by atoms with E-state index in [0.717, 1.165) is 41.9 Å².